The van der Waals surface area contributed by atoms with Gasteiger partial charge in [0, 0.05) is 31.1 Å². The minimum absolute atomic E-state index is 0.0145. The molecule has 0 spiro atoms. The van der Waals surface area contributed by atoms with E-state index in [0.717, 1.165) is 17.5 Å². The van der Waals surface area contributed by atoms with E-state index in [1.165, 1.54) is 0 Å². The van der Waals surface area contributed by atoms with Gasteiger partial charge in [-0.2, -0.15) is 0 Å². The van der Waals surface area contributed by atoms with Crippen LogP contribution in [0.25, 0.3) is 0 Å². The van der Waals surface area contributed by atoms with Crippen molar-refractivity contribution < 1.29 is 19.4 Å². The van der Waals surface area contributed by atoms with Gasteiger partial charge in [0.2, 0.25) is 0 Å². The lowest BCUT2D eigenvalue weighted by molar-refractivity contribution is -0.138. The van der Waals surface area contributed by atoms with Crippen LogP contribution in [0.3, 0.4) is 0 Å². The van der Waals surface area contributed by atoms with Crippen molar-refractivity contribution in [3.8, 4) is 0 Å². The first-order valence-corrected chi connectivity index (χ1v) is 8.49. The summed E-state index contributed by atoms with van der Waals surface area (Å²) in [6, 6.07) is 7.61. The van der Waals surface area contributed by atoms with Crippen LogP contribution in [0.1, 0.15) is 22.8 Å². The summed E-state index contributed by atoms with van der Waals surface area (Å²) in [5.41, 5.74) is 1.79. The normalized spacial score (nSPS) is 24.5. The molecule has 130 valence electrons. The molecular formula is C18H24N2O4. The number of carbonyl (C=O) groups is 2. The van der Waals surface area contributed by atoms with E-state index >= 15 is 0 Å². The van der Waals surface area contributed by atoms with E-state index in [2.05, 4.69) is 0 Å². The Labute approximate surface area is 142 Å². The first-order valence-electron chi connectivity index (χ1n) is 8.49. The van der Waals surface area contributed by atoms with E-state index in [9.17, 15) is 9.59 Å². The number of hydrogen-bond donors (Lipinski definition) is 1. The molecule has 0 unspecified atom stereocenters. The minimum Gasteiger partial charge on any atom is -0.480 e. The van der Waals surface area contributed by atoms with Crippen LogP contribution in [0.4, 0.5) is 0 Å². The fourth-order valence-corrected chi connectivity index (χ4v) is 3.70. The second-order valence-electron chi connectivity index (χ2n) is 6.61. The molecule has 2 atom stereocenters. The highest BCUT2D eigenvalue weighted by molar-refractivity contribution is 5.96. The standard InChI is InChI=1S/C18H24N2O4/c1-2-14-5-3-4-6-16(14)18(23)20-8-13-7-19(10-17(21)22)9-15(20)12-24-11-13/h3-6,13,15H,2,7-12H2,1H3,(H,21,22)/t13-,15-/m0/s1. The summed E-state index contributed by atoms with van der Waals surface area (Å²) >= 11 is 0. The van der Waals surface area contributed by atoms with Crippen molar-refractivity contribution >= 4 is 11.9 Å². The van der Waals surface area contributed by atoms with Crippen LogP contribution in [-0.2, 0) is 16.0 Å². The molecule has 2 aliphatic rings. The van der Waals surface area contributed by atoms with Crippen molar-refractivity contribution in [1.82, 2.24) is 9.80 Å². The van der Waals surface area contributed by atoms with Crippen molar-refractivity contribution in [2.24, 2.45) is 5.92 Å². The van der Waals surface area contributed by atoms with Gasteiger partial charge in [-0.1, -0.05) is 25.1 Å². The minimum atomic E-state index is -0.829. The molecule has 6 heteroatoms. The van der Waals surface area contributed by atoms with Crippen LogP contribution < -0.4 is 0 Å². The lowest BCUT2D eigenvalue weighted by Gasteiger charge is -2.31. The number of rotatable bonds is 4. The molecule has 24 heavy (non-hydrogen) atoms. The summed E-state index contributed by atoms with van der Waals surface area (Å²) in [6.45, 7) is 4.92. The first kappa shape index (κ1) is 16.9. The molecular weight excluding hydrogens is 308 g/mol. The predicted molar refractivity (Wildman–Crippen MR) is 89.0 cm³/mol. The molecule has 2 aliphatic heterocycles. The topological polar surface area (TPSA) is 70.1 Å². The Kier molecular flexibility index (Phi) is 5.16. The van der Waals surface area contributed by atoms with E-state index in [1.807, 2.05) is 41.0 Å². The molecule has 0 aliphatic carbocycles. The van der Waals surface area contributed by atoms with Gasteiger partial charge in [0.1, 0.15) is 0 Å². The Morgan fingerprint density at radius 2 is 2.00 bits per heavy atom. The van der Waals surface area contributed by atoms with Gasteiger partial charge in [-0.25, -0.2) is 0 Å². The number of carbonyl (C=O) groups excluding carboxylic acids is 1. The molecule has 2 saturated heterocycles. The number of fused-ring (bicyclic) bond motifs is 3. The lowest BCUT2D eigenvalue weighted by Crippen LogP contribution is -2.47. The van der Waals surface area contributed by atoms with Crippen LogP contribution in [-0.4, -0.2) is 72.2 Å². The average Bonchev–Trinajstić information content (AvgIpc) is 2.84. The number of aliphatic carboxylic acids is 1. The van der Waals surface area contributed by atoms with E-state index in [-0.39, 0.29) is 24.4 Å². The number of amides is 1. The molecule has 1 N–H and O–H groups in total. The van der Waals surface area contributed by atoms with E-state index in [4.69, 9.17) is 9.84 Å². The maximum absolute atomic E-state index is 13.1. The summed E-state index contributed by atoms with van der Waals surface area (Å²) in [6.07, 6.45) is 0.811. The van der Waals surface area contributed by atoms with E-state index < -0.39 is 5.97 Å². The molecule has 1 aromatic rings. The highest BCUT2D eigenvalue weighted by Gasteiger charge is 2.36. The van der Waals surface area contributed by atoms with Crippen molar-refractivity contribution in [3.05, 3.63) is 35.4 Å². The Balaban J connectivity index is 1.85. The van der Waals surface area contributed by atoms with Crippen molar-refractivity contribution in [1.29, 1.82) is 0 Å². The number of carboxylic acids is 1. The number of nitrogens with zero attached hydrogens (tertiary/aromatic N) is 2. The highest BCUT2D eigenvalue weighted by Crippen LogP contribution is 2.23. The fourth-order valence-electron chi connectivity index (χ4n) is 3.70. The molecule has 0 aromatic heterocycles. The lowest BCUT2D eigenvalue weighted by atomic mass is 10.0. The molecule has 0 saturated carbocycles. The average molecular weight is 332 g/mol. The van der Waals surface area contributed by atoms with Crippen molar-refractivity contribution in [2.45, 2.75) is 19.4 Å². The third kappa shape index (κ3) is 3.60. The summed E-state index contributed by atoms with van der Waals surface area (Å²) in [7, 11) is 0. The summed E-state index contributed by atoms with van der Waals surface area (Å²) in [4.78, 5) is 28.0. The Morgan fingerprint density at radius 1 is 1.21 bits per heavy atom. The van der Waals surface area contributed by atoms with Gasteiger partial charge < -0.3 is 14.7 Å². The SMILES string of the molecule is CCc1ccccc1C(=O)N1C[C@H]2COC[C@@H]1CN(CC(=O)O)C2. The molecule has 2 fully saturated rings. The van der Waals surface area contributed by atoms with Crippen LogP contribution in [0, 0.1) is 5.92 Å². The van der Waals surface area contributed by atoms with E-state index in [0.29, 0.717) is 32.8 Å². The van der Waals surface area contributed by atoms with Crippen LogP contribution in [0.2, 0.25) is 0 Å². The zero-order valence-corrected chi connectivity index (χ0v) is 14.0. The second-order valence-corrected chi connectivity index (χ2v) is 6.61. The zero-order valence-electron chi connectivity index (χ0n) is 14.0. The molecule has 6 nitrogen and oxygen atoms in total. The Bertz CT molecular complexity index is 619. The van der Waals surface area contributed by atoms with E-state index in [1.54, 1.807) is 0 Å². The largest absolute Gasteiger partial charge is 0.480 e. The summed E-state index contributed by atoms with van der Waals surface area (Å²) < 4.78 is 5.72. The predicted octanol–water partition coefficient (Wildman–Crippen LogP) is 1.11. The van der Waals surface area contributed by atoms with Gasteiger partial charge in [0.05, 0.1) is 25.8 Å². The maximum Gasteiger partial charge on any atom is 0.317 e. The zero-order chi connectivity index (χ0) is 17.1. The van der Waals surface area contributed by atoms with Crippen LogP contribution in [0.15, 0.2) is 24.3 Å². The second kappa shape index (κ2) is 7.32. The summed E-state index contributed by atoms with van der Waals surface area (Å²) in [5.74, 6) is -0.648. The van der Waals surface area contributed by atoms with Crippen LogP contribution in [0.5, 0.6) is 0 Å². The first-order chi connectivity index (χ1) is 11.6. The maximum atomic E-state index is 13.1. The van der Waals surface area contributed by atoms with Gasteiger partial charge in [0.15, 0.2) is 0 Å². The van der Waals surface area contributed by atoms with Crippen LogP contribution >= 0.6 is 0 Å². The Morgan fingerprint density at radius 3 is 2.75 bits per heavy atom. The number of benzene rings is 1. The molecule has 3 rings (SSSR count). The molecule has 1 aromatic carbocycles. The van der Waals surface area contributed by atoms with Gasteiger partial charge >= 0.3 is 5.97 Å². The van der Waals surface area contributed by atoms with Gasteiger partial charge in [-0.05, 0) is 18.1 Å². The highest BCUT2D eigenvalue weighted by atomic mass is 16.5. The third-order valence-corrected chi connectivity index (χ3v) is 4.79. The number of ether oxygens (including phenoxy) is 1. The van der Waals surface area contributed by atoms with Gasteiger partial charge in [-0.15, -0.1) is 0 Å². The van der Waals surface area contributed by atoms with Gasteiger partial charge in [0.25, 0.3) is 5.91 Å². The smallest absolute Gasteiger partial charge is 0.317 e. The number of hydrogen-bond acceptors (Lipinski definition) is 4. The molecule has 2 bridgehead atoms. The molecule has 0 radical (unpaired) electrons. The molecule has 1 amide bonds. The quantitative estimate of drug-likeness (QED) is 0.894. The monoisotopic (exact) mass is 332 g/mol. The molecule has 2 heterocycles. The number of carboxylic acid groups (broad SMARTS) is 1. The van der Waals surface area contributed by atoms with Gasteiger partial charge in [-0.3, -0.25) is 14.5 Å². The van der Waals surface area contributed by atoms with Crippen molar-refractivity contribution in [3.63, 3.8) is 0 Å². The third-order valence-electron chi connectivity index (χ3n) is 4.79. The van der Waals surface area contributed by atoms with Crippen molar-refractivity contribution in [2.75, 3.05) is 39.4 Å². The number of aryl methyl sites for hydroxylation is 1. The Hall–Kier alpha value is -1.92. The fraction of sp³-hybridized carbons (Fsp3) is 0.556. The summed E-state index contributed by atoms with van der Waals surface area (Å²) in [5, 5.41) is 9.09.